The first-order chi connectivity index (χ1) is 10.5. The minimum absolute atomic E-state index is 0.152. The molecule has 0 radical (unpaired) electrons. The Morgan fingerprint density at radius 1 is 1.27 bits per heavy atom. The standard InChI is InChI=1S/C13H17N5O4/c1-13(2)21-8-6(3-19)20-12(9(8)22-13)18-5-17-7-10(14)15-4-16-11(7)18/h4-6,8-9,12,19H,3H2,1-2H3,(H2,14,15,16)/t6-,8-,9-,12+/m1/s1. The lowest BCUT2D eigenvalue weighted by molar-refractivity contribution is -0.199. The van der Waals surface area contributed by atoms with Gasteiger partial charge in [0.05, 0.1) is 12.9 Å². The lowest BCUT2D eigenvalue weighted by atomic mass is 10.1. The van der Waals surface area contributed by atoms with E-state index in [1.165, 1.54) is 6.33 Å². The van der Waals surface area contributed by atoms with Crippen molar-refractivity contribution in [1.29, 1.82) is 0 Å². The Hall–Kier alpha value is -1.81. The average molecular weight is 307 g/mol. The Morgan fingerprint density at radius 3 is 2.82 bits per heavy atom. The molecule has 0 spiro atoms. The number of fused-ring (bicyclic) bond motifs is 2. The van der Waals surface area contributed by atoms with E-state index < -0.39 is 18.1 Å². The lowest BCUT2D eigenvalue weighted by Gasteiger charge is -2.24. The highest BCUT2D eigenvalue weighted by Crippen LogP contribution is 2.43. The number of aliphatic hydroxyl groups is 1. The van der Waals surface area contributed by atoms with Crippen molar-refractivity contribution >= 4 is 17.0 Å². The van der Waals surface area contributed by atoms with Gasteiger partial charge in [-0.3, -0.25) is 4.57 Å². The summed E-state index contributed by atoms with van der Waals surface area (Å²) in [5.41, 5.74) is 6.87. The van der Waals surface area contributed by atoms with Crippen molar-refractivity contribution in [3.8, 4) is 0 Å². The molecule has 118 valence electrons. The highest BCUT2D eigenvalue weighted by atomic mass is 16.8. The third-order valence-electron chi connectivity index (χ3n) is 3.97. The summed E-state index contributed by atoms with van der Waals surface area (Å²) in [5, 5.41) is 9.52. The molecule has 2 aromatic rings. The van der Waals surface area contributed by atoms with Gasteiger partial charge >= 0.3 is 0 Å². The number of hydrogen-bond donors (Lipinski definition) is 2. The van der Waals surface area contributed by atoms with Crippen LogP contribution < -0.4 is 5.73 Å². The van der Waals surface area contributed by atoms with E-state index in [0.29, 0.717) is 17.0 Å². The van der Waals surface area contributed by atoms with Crippen molar-refractivity contribution in [3.05, 3.63) is 12.7 Å². The summed E-state index contributed by atoms with van der Waals surface area (Å²) in [7, 11) is 0. The molecule has 2 aliphatic heterocycles. The van der Waals surface area contributed by atoms with Gasteiger partial charge in [0.25, 0.3) is 0 Å². The molecule has 3 N–H and O–H groups in total. The van der Waals surface area contributed by atoms with E-state index in [1.807, 2.05) is 13.8 Å². The third kappa shape index (κ3) is 1.90. The van der Waals surface area contributed by atoms with E-state index in [1.54, 1.807) is 10.9 Å². The smallest absolute Gasteiger partial charge is 0.167 e. The van der Waals surface area contributed by atoms with Crippen LogP contribution >= 0.6 is 0 Å². The van der Waals surface area contributed by atoms with Crippen LogP contribution in [-0.2, 0) is 14.2 Å². The second-order valence-electron chi connectivity index (χ2n) is 5.90. The number of aliphatic hydroxyl groups excluding tert-OH is 1. The fraction of sp³-hybridized carbons (Fsp3) is 0.615. The van der Waals surface area contributed by atoms with Crippen LogP contribution in [0.1, 0.15) is 20.1 Å². The van der Waals surface area contributed by atoms with Gasteiger partial charge in [-0.15, -0.1) is 0 Å². The molecular weight excluding hydrogens is 290 g/mol. The zero-order valence-electron chi connectivity index (χ0n) is 12.2. The molecule has 0 aromatic carbocycles. The maximum absolute atomic E-state index is 9.52. The van der Waals surface area contributed by atoms with Crippen LogP contribution in [0, 0.1) is 0 Å². The maximum Gasteiger partial charge on any atom is 0.167 e. The van der Waals surface area contributed by atoms with Crippen LogP contribution in [0.5, 0.6) is 0 Å². The summed E-state index contributed by atoms with van der Waals surface area (Å²) >= 11 is 0. The fourth-order valence-corrected chi connectivity index (χ4v) is 3.09. The Kier molecular flexibility index (Phi) is 2.89. The van der Waals surface area contributed by atoms with Gasteiger partial charge in [0.15, 0.2) is 23.5 Å². The topological polar surface area (TPSA) is 118 Å². The number of rotatable bonds is 2. The minimum Gasteiger partial charge on any atom is -0.394 e. The molecule has 0 bridgehead atoms. The molecule has 0 amide bonds. The van der Waals surface area contributed by atoms with Gasteiger partial charge in [-0.2, -0.15) is 0 Å². The Bertz CT molecular complexity index is 718. The summed E-state index contributed by atoms with van der Waals surface area (Å²) in [6.07, 6.45) is 1.30. The fourth-order valence-electron chi connectivity index (χ4n) is 3.09. The van der Waals surface area contributed by atoms with E-state index in [4.69, 9.17) is 19.9 Å². The van der Waals surface area contributed by atoms with Crippen molar-refractivity contribution in [3.63, 3.8) is 0 Å². The molecule has 9 heteroatoms. The van der Waals surface area contributed by atoms with Crippen molar-refractivity contribution < 1.29 is 19.3 Å². The molecule has 2 aliphatic rings. The minimum atomic E-state index is -0.727. The van der Waals surface area contributed by atoms with Gasteiger partial charge in [-0.1, -0.05) is 0 Å². The summed E-state index contributed by atoms with van der Waals surface area (Å²) < 4.78 is 19.4. The lowest BCUT2D eigenvalue weighted by Crippen LogP contribution is -2.31. The number of aromatic nitrogens is 4. The van der Waals surface area contributed by atoms with Gasteiger partial charge in [0.2, 0.25) is 0 Å². The van der Waals surface area contributed by atoms with Crippen LogP contribution in [0.2, 0.25) is 0 Å². The molecule has 2 fully saturated rings. The first-order valence-electron chi connectivity index (χ1n) is 7.05. The molecule has 22 heavy (non-hydrogen) atoms. The predicted molar refractivity (Wildman–Crippen MR) is 74.6 cm³/mol. The van der Waals surface area contributed by atoms with Gasteiger partial charge < -0.3 is 25.1 Å². The first-order valence-corrected chi connectivity index (χ1v) is 7.05. The number of nitrogens with two attached hydrogens (primary N) is 1. The van der Waals surface area contributed by atoms with Crippen LogP contribution in [0.15, 0.2) is 12.7 Å². The molecular formula is C13H17N5O4. The van der Waals surface area contributed by atoms with Crippen LogP contribution in [0.4, 0.5) is 5.82 Å². The third-order valence-corrected chi connectivity index (χ3v) is 3.97. The Balaban J connectivity index is 1.77. The van der Waals surface area contributed by atoms with Crippen LogP contribution in [-0.4, -0.2) is 55.3 Å². The number of hydrogen-bond acceptors (Lipinski definition) is 8. The van der Waals surface area contributed by atoms with Crippen LogP contribution in [0.3, 0.4) is 0 Å². The zero-order valence-corrected chi connectivity index (χ0v) is 12.2. The predicted octanol–water partition coefficient (Wildman–Crippen LogP) is -0.182. The van der Waals surface area contributed by atoms with Crippen molar-refractivity contribution in [2.45, 2.75) is 44.2 Å². The van der Waals surface area contributed by atoms with Crippen LogP contribution in [0.25, 0.3) is 11.2 Å². The van der Waals surface area contributed by atoms with Gasteiger partial charge in [0, 0.05) is 0 Å². The second kappa shape index (κ2) is 4.59. The SMILES string of the molecule is CC1(C)O[C@@H]2[C@H](O1)[C@@H](CO)O[C@@H]2n1cnc2c(N)ncnc21. The molecule has 4 rings (SSSR count). The van der Waals surface area contributed by atoms with E-state index in [2.05, 4.69) is 15.0 Å². The Morgan fingerprint density at radius 2 is 2.05 bits per heavy atom. The highest BCUT2D eigenvalue weighted by molar-refractivity contribution is 5.81. The monoisotopic (exact) mass is 307 g/mol. The average Bonchev–Trinajstić information content (AvgIpc) is 3.10. The number of nitrogen functional groups attached to an aromatic ring is 1. The van der Waals surface area contributed by atoms with E-state index in [-0.39, 0.29) is 18.8 Å². The number of anilines is 1. The van der Waals surface area contributed by atoms with E-state index in [0.717, 1.165) is 0 Å². The van der Waals surface area contributed by atoms with E-state index >= 15 is 0 Å². The quantitative estimate of drug-likeness (QED) is 0.784. The molecule has 2 saturated heterocycles. The second-order valence-corrected chi connectivity index (χ2v) is 5.90. The molecule has 4 heterocycles. The summed E-state index contributed by atoms with van der Waals surface area (Å²) in [6, 6.07) is 0. The molecule has 9 nitrogen and oxygen atoms in total. The maximum atomic E-state index is 9.52. The number of nitrogens with zero attached hydrogens (tertiary/aromatic N) is 4. The van der Waals surface area contributed by atoms with Gasteiger partial charge in [-0.05, 0) is 13.8 Å². The van der Waals surface area contributed by atoms with Gasteiger partial charge in [0.1, 0.15) is 30.2 Å². The first kappa shape index (κ1) is 13.8. The largest absolute Gasteiger partial charge is 0.394 e. The van der Waals surface area contributed by atoms with Gasteiger partial charge in [-0.25, -0.2) is 15.0 Å². The van der Waals surface area contributed by atoms with E-state index in [9.17, 15) is 5.11 Å². The summed E-state index contributed by atoms with van der Waals surface area (Å²) in [4.78, 5) is 12.4. The number of ether oxygens (including phenoxy) is 3. The number of imidazole rings is 1. The summed E-state index contributed by atoms with van der Waals surface area (Å²) in [6.45, 7) is 3.52. The Labute approximate surface area is 126 Å². The summed E-state index contributed by atoms with van der Waals surface area (Å²) in [5.74, 6) is -0.421. The molecule has 2 aromatic heterocycles. The molecule has 0 aliphatic carbocycles. The normalized spacial score (nSPS) is 33.4. The zero-order chi connectivity index (χ0) is 15.5. The molecule has 4 atom stereocenters. The molecule has 0 saturated carbocycles. The van der Waals surface area contributed by atoms with Crippen molar-refractivity contribution in [1.82, 2.24) is 19.5 Å². The highest BCUT2D eigenvalue weighted by Gasteiger charge is 2.55. The molecule has 0 unspecified atom stereocenters. The van der Waals surface area contributed by atoms with Crippen molar-refractivity contribution in [2.24, 2.45) is 0 Å². The van der Waals surface area contributed by atoms with Crippen molar-refractivity contribution in [2.75, 3.05) is 12.3 Å².